The molecule has 0 saturated heterocycles. The SMILES string of the molecule is CC(O)(CNC(=O)Nc1nnc(-c2ccsc2)s1)C(=O)O. The Bertz CT molecular complexity index is 638. The fraction of sp³-hybridized carbons (Fsp3) is 0.273. The van der Waals surface area contributed by atoms with Crippen molar-refractivity contribution in [3.8, 4) is 10.6 Å². The maximum Gasteiger partial charge on any atom is 0.337 e. The van der Waals surface area contributed by atoms with Crippen molar-refractivity contribution in [2.24, 2.45) is 0 Å². The summed E-state index contributed by atoms with van der Waals surface area (Å²) in [7, 11) is 0. The Balaban J connectivity index is 1.90. The Morgan fingerprint density at radius 3 is 2.81 bits per heavy atom. The van der Waals surface area contributed by atoms with Crippen LogP contribution in [0.3, 0.4) is 0 Å². The first kappa shape index (κ1) is 15.4. The van der Waals surface area contributed by atoms with Crippen LogP contribution in [0.4, 0.5) is 9.93 Å². The summed E-state index contributed by atoms with van der Waals surface area (Å²) >= 11 is 2.72. The number of anilines is 1. The second kappa shape index (κ2) is 6.16. The van der Waals surface area contributed by atoms with E-state index in [4.69, 9.17) is 5.11 Å². The van der Waals surface area contributed by atoms with Crippen molar-refractivity contribution in [3.63, 3.8) is 0 Å². The van der Waals surface area contributed by atoms with Crippen LogP contribution in [-0.2, 0) is 4.79 Å². The van der Waals surface area contributed by atoms with Crippen LogP contribution in [0.25, 0.3) is 10.6 Å². The van der Waals surface area contributed by atoms with Crippen molar-refractivity contribution in [2.45, 2.75) is 12.5 Å². The van der Waals surface area contributed by atoms with Crippen molar-refractivity contribution in [2.75, 3.05) is 11.9 Å². The molecule has 2 amide bonds. The Labute approximate surface area is 127 Å². The second-order valence-corrected chi connectivity index (χ2v) is 6.07. The molecule has 10 heteroatoms. The first-order valence-electron chi connectivity index (χ1n) is 5.75. The maximum atomic E-state index is 11.6. The molecule has 0 aliphatic rings. The average molecular weight is 328 g/mol. The number of thiophene rings is 1. The van der Waals surface area contributed by atoms with Crippen molar-refractivity contribution in [1.82, 2.24) is 15.5 Å². The number of urea groups is 1. The molecule has 0 saturated carbocycles. The van der Waals surface area contributed by atoms with E-state index in [1.54, 1.807) is 0 Å². The molecule has 2 heterocycles. The van der Waals surface area contributed by atoms with Gasteiger partial charge in [0, 0.05) is 10.9 Å². The number of nitrogens with zero attached hydrogens (tertiary/aromatic N) is 2. The summed E-state index contributed by atoms with van der Waals surface area (Å²) < 4.78 is 0. The van der Waals surface area contributed by atoms with Crippen molar-refractivity contribution in [3.05, 3.63) is 16.8 Å². The van der Waals surface area contributed by atoms with Gasteiger partial charge in [-0.3, -0.25) is 5.32 Å². The lowest BCUT2D eigenvalue weighted by molar-refractivity contribution is -0.155. The molecule has 1 unspecified atom stereocenters. The quantitative estimate of drug-likeness (QED) is 0.654. The summed E-state index contributed by atoms with van der Waals surface area (Å²) in [6.07, 6.45) is 0. The molecule has 2 aromatic heterocycles. The van der Waals surface area contributed by atoms with E-state index in [2.05, 4.69) is 20.8 Å². The lowest BCUT2D eigenvalue weighted by atomic mass is 10.1. The van der Waals surface area contributed by atoms with Crippen LogP contribution in [0.5, 0.6) is 0 Å². The summed E-state index contributed by atoms with van der Waals surface area (Å²) in [5.74, 6) is -1.42. The molecule has 0 aliphatic carbocycles. The van der Waals surface area contributed by atoms with E-state index < -0.39 is 24.1 Å². The Hall–Kier alpha value is -2.04. The maximum absolute atomic E-state index is 11.6. The van der Waals surface area contributed by atoms with Gasteiger partial charge in [0.05, 0.1) is 6.54 Å². The van der Waals surface area contributed by atoms with Crippen molar-refractivity contribution >= 4 is 39.8 Å². The highest BCUT2D eigenvalue weighted by Crippen LogP contribution is 2.27. The Kier molecular flexibility index (Phi) is 4.50. The number of carbonyl (C=O) groups excluding carboxylic acids is 1. The van der Waals surface area contributed by atoms with Gasteiger partial charge in [-0.25, -0.2) is 9.59 Å². The first-order chi connectivity index (χ1) is 9.88. The highest BCUT2D eigenvalue weighted by Gasteiger charge is 2.30. The van der Waals surface area contributed by atoms with Crippen LogP contribution in [-0.4, -0.2) is 44.6 Å². The molecule has 0 fully saturated rings. The van der Waals surface area contributed by atoms with E-state index in [0.717, 1.165) is 12.5 Å². The lowest BCUT2D eigenvalue weighted by Gasteiger charge is -2.17. The van der Waals surface area contributed by atoms with Crippen molar-refractivity contribution < 1.29 is 19.8 Å². The summed E-state index contributed by atoms with van der Waals surface area (Å²) in [5, 5.41) is 35.4. The number of hydrogen-bond donors (Lipinski definition) is 4. The van der Waals surface area contributed by atoms with Crippen LogP contribution in [0.1, 0.15) is 6.92 Å². The molecule has 21 heavy (non-hydrogen) atoms. The molecule has 2 aromatic rings. The minimum Gasteiger partial charge on any atom is -0.479 e. The summed E-state index contributed by atoms with van der Waals surface area (Å²) in [5.41, 5.74) is -1.11. The predicted octanol–water partition coefficient (Wildman–Crippen LogP) is 1.22. The van der Waals surface area contributed by atoms with Crippen LogP contribution in [0.15, 0.2) is 16.8 Å². The van der Waals surface area contributed by atoms with Gasteiger partial charge in [-0.2, -0.15) is 11.3 Å². The number of aromatic nitrogens is 2. The number of aliphatic hydroxyl groups is 1. The zero-order valence-electron chi connectivity index (χ0n) is 10.9. The number of aliphatic carboxylic acids is 1. The summed E-state index contributed by atoms with van der Waals surface area (Å²) in [6.45, 7) is 0.666. The topological polar surface area (TPSA) is 124 Å². The molecule has 0 aromatic carbocycles. The minimum atomic E-state index is -2.03. The predicted molar refractivity (Wildman–Crippen MR) is 78.5 cm³/mol. The molecule has 0 spiro atoms. The van der Waals surface area contributed by atoms with Crippen LogP contribution in [0.2, 0.25) is 0 Å². The van der Waals surface area contributed by atoms with Gasteiger partial charge in [0.15, 0.2) is 5.60 Å². The standard InChI is InChI=1S/C11H12N4O4S2/c1-11(19,8(16)17)5-12-9(18)13-10-15-14-7(21-10)6-2-3-20-4-6/h2-4,19H,5H2,1H3,(H,16,17)(H2,12,13,15,18). The van der Waals surface area contributed by atoms with Gasteiger partial charge in [-0.1, -0.05) is 11.3 Å². The molecule has 8 nitrogen and oxygen atoms in total. The molecule has 0 bridgehead atoms. The molecule has 4 N–H and O–H groups in total. The number of rotatable bonds is 5. The van der Waals surface area contributed by atoms with Crippen LogP contribution in [0, 0.1) is 0 Å². The highest BCUT2D eigenvalue weighted by molar-refractivity contribution is 7.19. The van der Waals surface area contributed by atoms with E-state index in [0.29, 0.717) is 5.01 Å². The first-order valence-corrected chi connectivity index (χ1v) is 7.51. The van der Waals surface area contributed by atoms with Crippen LogP contribution >= 0.6 is 22.7 Å². The van der Waals surface area contributed by atoms with Crippen LogP contribution < -0.4 is 10.6 Å². The monoisotopic (exact) mass is 328 g/mol. The van der Waals surface area contributed by atoms with Gasteiger partial charge in [0.2, 0.25) is 5.13 Å². The minimum absolute atomic E-state index is 0.281. The summed E-state index contributed by atoms with van der Waals surface area (Å²) in [6, 6.07) is 1.23. The molecule has 112 valence electrons. The number of nitrogens with one attached hydrogen (secondary N) is 2. The van der Waals surface area contributed by atoms with E-state index >= 15 is 0 Å². The number of carboxylic acids is 1. The van der Waals surface area contributed by atoms with E-state index in [1.807, 2.05) is 16.8 Å². The zero-order chi connectivity index (χ0) is 15.5. The largest absolute Gasteiger partial charge is 0.479 e. The van der Waals surface area contributed by atoms with Gasteiger partial charge in [-0.05, 0) is 18.4 Å². The number of carboxylic acid groups (broad SMARTS) is 1. The van der Waals surface area contributed by atoms with Gasteiger partial charge in [0.1, 0.15) is 5.01 Å². The fourth-order valence-corrected chi connectivity index (χ4v) is 2.70. The molecule has 2 rings (SSSR count). The third-order valence-electron chi connectivity index (χ3n) is 2.47. The van der Waals surface area contributed by atoms with Gasteiger partial charge < -0.3 is 15.5 Å². The lowest BCUT2D eigenvalue weighted by Crippen LogP contribution is -2.47. The third-order valence-corrected chi connectivity index (χ3v) is 4.04. The zero-order valence-corrected chi connectivity index (χ0v) is 12.5. The molecule has 1 atom stereocenters. The third kappa shape index (κ3) is 3.97. The van der Waals surface area contributed by atoms with Gasteiger partial charge in [-0.15, -0.1) is 10.2 Å². The second-order valence-electron chi connectivity index (χ2n) is 4.31. The number of carbonyl (C=O) groups is 2. The molecular formula is C11H12N4O4S2. The average Bonchev–Trinajstić information content (AvgIpc) is 3.06. The summed E-state index contributed by atoms with van der Waals surface area (Å²) in [4.78, 5) is 22.3. The Morgan fingerprint density at radius 1 is 1.43 bits per heavy atom. The molecule has 0 aliphatic heterocycles. The van der Waals surface area contributed by atoms with E-state index in [-0.39, 0.29) is 5.13 Å². The Morgan fingerprint density at radius 2 is 2.19 bits per heavy atom. The van der Waals surface area contributed by atoms with Gasteiger partial charge >= 0.3 is 12.0 Å². The number of amides is 2. The molecular weight excluding hydrogens is 316 g/mol. The van der Waals surface area contributed by atoms with Gasteiger partial charge in [0.25, 0.3) is 0 Å². The van der Waals surface area contributed by atoms with E-state index in [9.17, 15) is 14.7 Å². The smallest absolute Gasteiger partial charge is 0.337 e. The normalized spacial score (nSPS) is 13.4. The number of hydrogen-bond acceptors (Lipinski definition) is 7. The molecule has 0 radical (unpaired) electrons. The fourth-order valence-electron chi connectivity index (χ4n) is 1.25. The van der Waals surface area contributed by atoms with E-state index in [1.165, 1.54) is 22.7 Å². The highest BCUT2D eigenvalue weighted by atomic mass is 32.1. The van der Waals surface area contributed by atoms with Crippen molar-refractivity contribution in [1.29, 1.82) is 0 Å².